The number of carbonyl (C=O) groups excluding carboxylic acids is 1. The number of nitrogens with one attached hydrogen (secondary N) is 2. The molecule has 0 aliphatic rings. The summed E-state index contributed by atoms with van der Waals surface area (Å²) in [4.78, 5) is 11.8. The van der Waals surface area contributed by atoms with E-state index in [0.29, 0.717) is 17.3 Å². The third kappa shape index (κ3) is 3.44. The van der Waals surface area contributed by atoms with E-state index >= 15 is 0 Å². The van der Waals surface area contributed by atoms with Crippen LogP contribution in [0.15, 0.2) is 18.2 Å². The molecule has 1 aromatic heterocycles. The lowest BCUT2D eigenvalue weighted by Gasteiger charge is -2.10. The van der Waals surface area contributed by atoms with Crippen molar-refractivity contribution < 1.29 is 14.3 Å². The minimum Gasteiger partial charge on any atom is -0.497 e. The van der Waals surface area contributed by atoms with E-state index in [1.54, 1.807) is 32.4 Å². The van der Waals surface area contributed by atoms with E-state index < -0.39 is 0 Å². The van der Waals surface area contributed by atoms with Gasteiger partial charge >= 0.3 is 0 Å². The first-order valence-corrected chi connectivity index (χ1v) is 5.93. The van der Waals surface area contributed by atoms with E-state index in [9.17, 15) is 4.79 Å². The van der Waals surface area contributed by atoms with Gasteiger partial charge in [0.2, 0.25) is 5.91 Å². The summed E-state index contributed by atoms with van der Waals surface area (Å²) in [6, 6.07) is 5.32. The topological polar surface area (TPSA) is 102 Å². The first-order chi connectivity index (χ1) is 9.72. The minimum absolute atomic E-state index is 0.154. The molecule has 2 aromatic rings. The maximum Gasteiger partial charge on any atom is 0.224 e. The fraction of sp³-hybridized carbons (Fsp3) is 0.333. The molecule has 0 saturated heterocycles. The molecular formula is C12H15N5O3. The largest absolute Gasteiger partial charge is 0.497 e. The Kier molecular flexibility index (Phi) is 4.48. The number of rotatable bonds is 6. The first kappa shape index (κ1) is 13.8. The van der Waals surface area contributed by atoms with Crippen LogP contribution in [0.4, 0.5) is 0 Å². The number of aromatic nitrogens is 4. The van der Waals surface area contributed by atoms with Gasteiger partial charge in [-0.3, -0.25) is 4.79 Å². The third-order valence-electron chi connectivity index (χ3n) is 2.68. The molecule has 0 aliphatic carbocycles. The summed E-state index contributed by atoms with van der Waals surface area (Å²) in [7, 11) is 3.13. The Hall–Kier alpha value is -2.64. The van der Waals surface area contributed by atoms with Crippen molar-refractivity contribution in [1.29, 1.82) is 0 Å². The van der Waals surface area contributed by atoms with Crippen LogP contribution in [-0.4, -0.2) is 40.8 Å². The second kappa shape index (κ2) is 6.50. The van der Waals surface area contributed by atoms with Crippen LogP contribution < -0.4 is 14.8 Å². The van der Waals surface area contributed by atoms with E-state index in [4.69, 9.17) is 9.47 Å². The second-order valence-corrected chi connectivity index (χ2v) is 3.96. The summed E-state index contributed by atoms with van der Waals surface area (Å²) in [5, 5.41) is 15.9. The Balaban J connectivity index is 1.96. The standard InChI is InChI=1S/C12H15N5O3/c1-19-9-4-3-8(10(6-9)20-2)5-12(18)13-7-11-14-16-17-15-11/h3-4,6H,5,7H2,1-2H3,(H,13,18)(H,14,15,16,17). The summed E-state index contributed by atoms with van der Waals surface area (Å²) in [5.74, 6) is 1.56. The van der Waals surface area contributed by atoms with Crippen molar-refractivity contribution in [3.8, 4) is 11.5 Å². The molecule has 2 N–H and O–H groups in total. The molecule has 1 amide bonds. The number of nitrogens with zero attached hydrogens (tertiary/aromatic N) is 3. The molecule has 8 heteroatoms. The monoisotopic (exact) mass is 277 g/mol. The van der Waals surface area contributed by atoms with Crippen molar-refractivity contribution >= 4 is 5.91 Å². The summed E-state index contributed by atoms with van der Waals surface area (Å²) >= 11 is 0. The Morgan fingerprint density at radius 1 is 1.35 bits per heavy atom. The average molecular weight is 277 g/mol. The van der Waals surface area contributed by atoms with Gasteiger partial charge in [0.15, 0.2) is 5.82 Å². The number of benzene rings is 1. The van der Waals surface area contributed by atoms with Crippen LogP contribution in [0.5, 0.6) is 11.5 Å². The molecule has 106 valence electrons. The molecule has 0 atom stereocenters. The maximum atomic E-state index is 11.8. The summed E-state index contributed by atoms with van der Waals surface area (Å²) < 4.78 is 10.3. The van der Waals surface area contributed by atoms with Crippen LogP contribution >= 0.6 is 0 Å². The van der Waals surface area contributed by atoms with Crippen molar-refractivity contribution in [3.05, 3.63) is 29.6 Å². The van der Waals surface area contributed by atoms with E-state index in [1.165, 1.54) is 0 Å². The molecule has 0 aliphatic heterocycles. The van der Waals surface area contributed by atoms with Gasteiger partial charge in [0.25, 0.3) is 0 Å². The fourth-order valence-corrected chi connectivity index (χ4v) is 1.67. The van der Waals surface area contributed by atoms with Crippen LogP contribution in [0.2, 0.25) is 0 Å². The summed E-state index contributed by atoms with van der Waals surface area (Å²) in [6.07, 6.45) is 0.199. The van der Waals surface area contributed by atoms with Gasteiger partial charge in [0, 0.05) is 11.6 Å². The highest BCUT2D eigenvalue weighted by Gasteiger charge is 2.10. The molecule has 0 bridgehead atoms. The molecule has 2 rings (SSSR count). The normalized spacial score (nSPS) is 10.1. The molecule has 8 nitrogen and oxygen atoms in total. The Morgan fingerprint density at radius 3 is 2.85 bits per heavy atom. The number of carbonyl (C=O) groups is 1. The zero-order valence-corrected chi connectivity index (χ0v) is 11.2. The first-order valence-electron chi connectivity index (χ1n) is 5.93. The molecule has 1 aromatic carbocycles. The smallest absolute Gasteiger partial charge is 0.224 e. The van der Waals surface area contributed by atoms with Crippen molar-refractivity contribution in [2.24, 2.45) is 0 Å². The third-order valence-corrected chi connectivity index (χ3v) is 2.68. The van der Waals surface area contributed by atoms with E-state index in [1.807, 2.05) is 0 Å². The van der Waals surface area contributed by atoms with Gasteiger partial charge in [-0.2, -0.15) is 5.21 Å². The highest BCUT2D eigenvalue weighted by atomic mass is 16.5. The van der Waals surface area contributed by atoms with Crippen LogP contribution in [0.3, 0.4) is 0 Å². The number of methoxy groups -OCH3 is 2. The van der Waals surface area contributed by atoms with Gasteiger partial charge in [-0.05, 0) is 6.07 Å². The summed E-state index contributed by atoms with van der Waals surface area (Å²) in [6.45, 7) is 0.230. The number of tetrazole rings is 1. The SMILES string of the molecule is COc1ccc(CC(=O)NCc2nn[nH]n2)c(OC)c1. The molecular weight excluding hydrogens is 262 g/mol. The van der Waals surface area contributed by atoms with Gasteiger partial charge in [0.05, 0.1) is 27.2 Å². The molecule has 0 unspecified atom stereocenters. The van der Waals surface area contributed by atoms with Gasteiger partial charge < -0.3 is 14.8 Å². The molecule has 20 heavy (non-hydrogen) atoms. The number of amides is 1. The van der Waals surface area contributed by atoms with Crippen molar-refractivity contribution in [3.63, 3.8) is 0 Å². The fourth-order valence-electron chi connectivity index (χ4n) is 1.67. The number of H-pyrrole nitrogens is 1. The van der Waals surface area contributed by atoms with Crippen LogP contribution in [0.25, 0.3) is 0 Å². The highest BCUT2D eigenvalue weighted by molar-refractivity contribution is 5.79. The molecule has 1 heterocycles. The molecule has 0 spiro atoms. The predicted molar refractivity (Wildman–Crippen MR) is 69.3 cm³/mol. The Bertz CT molecular complexity index is 570. The number of hydrogen-bond donors (Lipinski definition) is 2. The summed E-state index contributed by atoms with van der Waals surface area (Å²) in [5.41, 5.74) is 0.777. The number of hydrogen-bond acceptors (Lipinski definition) is 6. The van der Waals surface area contributed by atoms with Gasteiger partial charge in [0.1, 0.15) is 11.5 Å². The predicted octanol–water partition coefficient (Wildman–Crippen LogP) is 0.0758. The van der Waals surface area contributed by atoms with Crippen LogP contribution in [0.1, 0.15) is 11.4 Å². The van der Waals surface area contributed by atoms with Crippen molar-refractivity contribution in [1.82, 2.24) is 25.9 Å². The molecule has 0 saturated carbocycles. The average Bonchev–Trinajstić information content (AvgIpc) is 2.99. The number of aromatic amines is 1. The quantitative estimate of drug-likeness (QED) is 0.775. The van der Waals surface area contributed by atoms with Crippen molar-refractivity contribution in [2.45, 2.75) is 13.0 Å². The van der Waals surface area contributed by atoms with Crippen LogP contribution in [-0.2, 0) is 17.8 Å². The maximum absolute atomic E-state index is 11.8. The Labute approximate surface area is 115 Å². The van der Waals surface area contributed by atoms with Crippen LogP contribution in [0, 0.1) is 0 Å². The van der Waals surface area contributed by atoms with Crippen molar-refractivity contribution in [2.75, 3.05) is 14.2 Å². The van der Waals surface area contributed by atoms with Gasteiger partial charge in [-0.25, -0.2) is 0 Å². The van der Waals surface area contributed by atoms with E-state index in [-0.39, 0.29) is 18.9 Å². The van der Waals surface area contributed by atoms with E-state index in [0.717, 1.165) is 5.56 Å². The lowest BCUT2D eigenvalue weighted by Crippen LogP contribution is -2.25. The molecule has 0 radical (unpaired) electrons. The zero-order valence-electron chi connectivity index (χ0n) is 11.2. The number of ether oxygens (including phenoxy) is 2. The van der Waals surface area contributed by atoms with Gasteiger partial charge in [-0.15, -0.1) is 10.2 Å². The highest BCUT2D eigenvalue weighted by Crippen LogP contribution is 2.24. The van der Waals surface area contributed by atoms with E-state index in [2.05, 4.69) is 25.9 Å². The second-order valence-electron chi connectivity index (χ2n) is 3.96. The zero-order chi connectivity index (χ0) is 14.4. The van der Waals surface area contributed by atoms with Gasteiger partial charge in [-0.1, -0.05) is 11.3 Å². The lowest BCUT2D eigenvalue weighted by atomic mass is 10.1. The lowest BCUT2D eigenvalue weighted by molar-refractivity contribution is -0.120. The minimum atomic E-state index is -0.154. The Morgan fingerprint density at radius 2 is 2.20 bits per heavy atom. The molecule has 0 fully saturated rings.